The van der Waals surface area contributed by atoms with Gasteiger partial charge in [0.15, 0.2) is 5.78 Å². The van der Waals surface area contributed by atoms with E-state index in [2.05, 4.69) is 15.3 Å². The van der Waals surface area contributed by atoms with Crippen LogP contribution in [-0.4, -0.2) is 28.2 Å². The molecule has 0 radical (unpaired) electrons. The van der Waals surface area contributed by atoms with E-state index in [0.29, 0.717) is 12.1 Å². The van der Waals surface area contributed by atoms with Gasteiger partial charge in [-0.2, -0.15) is 0 Å². The maximum atomic E-state index is 12.1. The summed E-state index contributed by atoms with van der Waals surface area (Å²) in [5.74, 6) is 0.682. The average molecular weight is 317 g/mol. The molecule has 1 amide bonds. The first-order valence-electron chi connectivity index (χ1n) is 9.06. The van der Waals surface area contributed by atoms with Crippen molar-refractivity contribution in [1.29, 1.82) is 0 Å². The van der Waals surface area contributed by atoms with Crippen LogP contribution in [0.4, 0.5) is 0 Å². The SMILES string of the molecule is O=C(c1cnc[nH]1)[C@H]1C[C@H]1C(=O)NCCCCC1CCCCC1. The van der Waals surface area contributed by atoms with Crippen molar-refractivity contribution < 1.29 is 9.59 Å². The molecule has 2 saturated carbocycles. The van der Waals surface area contributed by atoms with E-state index in [4.69, 9.17) is 0 Å². The van der Waals surface area contributed by atoms with Gasteiger partial charge < -0.3 is 10.3 Å². The zero-order chi connectivity index (χ0) is 16.1. The molecule has 0 unspecified atom stereocenters. The first-order chi connectivity index (χ1) is 11.3. The molecule has 5 nitrogen and oxygen atoms in total. The lowest BCUT2D eigenvalue weighted by Gasteiger charge is -2.21. The third-order valence-corrected chi connectivity index (χ3v) is 5.29. The molecule has 5 heteroatoms. The van der Waals surface area contributed by atoms with E-state index in [-0.39, 0.29) is 23.5 Å². The second-order valence-corrected chi connectivity index (χ2v) is 7.07. The molecule has 23 heavy (non-hydrogen) atoms. The number of hydrogen-bond donors (Lipinski definition) is 2. The molecule has 0 spiro atoms. The van der Waals surface area contributed by atoms with Gasteiger partial charge in [-0.15, -0.1) is 0 Å². The fourth-order valence-electron chi connectivity index (χ4n) is 3.74. The van der Waals surface area contributed by atoms with Gasteiger partial charge in [-0.3, -0.25) is 9.59 Å². The monoisotopic (exact) mass is 317 g/mol. The molecule has 1 aromatic heterocycles. The quantitative estimate of drug-likeness (QED) is 0.571. The van der Waals surface area contributed by atoms with Crippen LogP contribution in [0.15, 0.2) is 12.5 Å². The number of aromatic nitrogens is 2. The van der Waals surface area contributed by atoms with Crippen LogP contribution in [0.2, 0.25) is 0 Å². The molecular formula is C18H27N3O2. The first-order valence-corrected chi connectivity index (χ1v) is 9.06. The summed E-state index contributed by atoms with van der Waals surface area (Å²) in [6.45, 7) is 0.743. The van der Waals surface area contributed by atoms with Crippen LogP contribution >= 0.6 is 0 Å². The summed E-state index contributed by atoms with van der Waals surface area (Å²) in [6, 6.07) is 0. The number of carbonyl (C=O) groups is 2. The second-order valence-electron chi connectivity index (χ2n) is 7.07. The number of amides is 1. The first kappa shape index (κ1) is 16.2. The van der Waals surface area contributed by atoms with Crippen LogP contribution in [0.3, 0.4) is 0 Å². The highest BCUT2D eigenvalue weighted by Gasteiger charge is 2.48. The smallest absolute Gasteiger partial charge is 0.223 e. The van der Waals surface area contributed by atoms with E-state index >= 15 is 0 Å². The zero-order valence-electron chi connectivity index (χ0n) is 13.7. The number of ketones is 1. The Morgan fingerprint density at radius 1 is 1.17 bits per heavy atom. The summed E-state index contributed by atoms with van der Waals surface area (Å²) in [7, 11) is 0. The van der Waals surface area contributed by atoms with E-state index in [0.717, 1.165) is 18.9 Å². The van der Waals surface area contributed by atoms with Gasteiger partial charge in [0.1, 0.15) is 5.69 Å². The molecule has 2 aliphatic carbocycles. The van der Waals surface area contributed by atoms with Crippen LogP contribution in [0, 0.1) is 17.8 Å². The van der Waals surface area contributed by atoms with Gasteiger partial charge in [0, 0.05) is 18.4 Å². The maximum absolute atomic E-state index is 12.1. The van der Waals surface area contributed by atoms with Gasteiger partial charge in [-0.1, -0.05) is 44.9 Å². The minimum absolute atomic E-state index is 0.0138. The predicted octanol–water partition coefficient (Wildman–Crippen LogP) is 3.10. The number of hydrogen-bond acceptors (Lipinski definition) is 3. The third kappa shape index (κ3) is 4.43. The Labute approximate surface area is 137 Å². The zero-order valence-corrected chi connectivity index (χ0v) is 13.7. The second kappa shape index (κ2) is 7.75. The number of carbonyl (C=O) groups excluding carboxylic acids is 2. The highest BCUT2D eigenvalue weighted by Crippen LogP contribution is 2.40. The molecule has 2 aliphatic rings. The summed E-state index contributed by atoms with van der Waals surface area (Å²) in [6.07, 6.45) is 14.2. The lowest BCUT2D eigenvalue weighted by molar-refractivity contribution is -0.122. The third-order valence-electron chi connectivity index (χ3n) is 5.29. The minimum atomic E-state index is -0.155. The molecule has 3 rings (SSSR count). The van der Waals surface area contributed by atoms with E-state index in [1.54, 1.807) is 0 Å². The van der Waals surface area contributed by atoms with Crippen molar-refractivity contribution in [2.24, 2.45) is 17.8 Å². The van der Waals surface area contributed by atoms with Crippen LogP contribution in [0.1, 0.15) is 68.3 Å². The number of Topliss-reactive ketones (excluding diaryl/α,β-unsaturated/α-hetero) is 1. The van der Waals surface area contributed by atoms with Crippen molar-refractivity contribution in [2.75, 3.05) is 6.54 Å². The molecule has 1 aromatic rings. The lowest BCUT2D eigenvalue weighted by Crippen LogP contribution is -2.27. The van der Waals surface area contributed by atoms with Crippen molar-refractivity contribution in [1.82, 2.24) is 15.3 Å². The van der Waals surface area contributed by atoms with Gasteiger partial charge >= 0.3 is 0 Å². The van der Waals surface area contributed by atoms with Crippen molar-refractivity contribution in [3.05, 3.63) is 18.2 Å². The van der Waals surface area contributed by atoms with Crippen molar-refractivity contribution in [2.45, 2.75) is 57.8 Å². The largest absolute Gasteiger partial charge is 0.356 e. The Morgan fingerprint density at radius 2 is 2.00 bits per heavy atom. The standard InChI is InChI=1S/C18H27N3O2/c22-17(16-11-19-12-21-16)14-10-15(14)18(23)20-9-5-4-8-13-6-2-1-3-7-13/h11-15H,1-10H2,(H,19,21)(H,20,23)/t14-,15+/m0/s1. The number of H-pyrrole nitrogens is 1. The number of rotatable bonds is 8. The summed E-state index contributed by atoms with van der Waals surface area (Å²) in [5.41, 5.74) is 0.512. The Balaban J connectivity index is 1.28. The summed E-state index contributed by atoms with van der Waals surface area (Å²) >= 11 is 0. The number of unbranched alkanes of at least 4 members (excludes halogenated alkanes) is 1. The van der Waals surface area contributed by atoms with E-state index in [9.17, 15) is 9.59 Å². The van der Waals surface area contributed by atoms with Crippen LogP contribution in [0.25, 0.3) is 0 Å². The predicted molar refractivity (Wildman–Crippen MR) is 88.0 cm³/mol. The number of nitrogens with zero attached hydrogens (tertiary/aromatic N) is 1. The Hall–Kier alpha value is -1.65. The molecular weight excluding hydrogens is 290 g/mol. The molecule has 2 atom stereocenters. The number of aromatic amines is 1. The summed E-state index contributed by atoms with van der Waals surface area (Å²) < 4.78 is 0. The average Bonchev–Trinajstić information content (AvgIpc) is 3.19. The van der Waals surface area contributed by atoms with Crippen LogP contribution in [-0.2, 0) is 4.79 Å². The minimum Gasteiger partial charge on any atom is -0.356 e. The van der Waals surface area contributed by atoms with Gasteiger partial charge in [0.2, 0.25) is 5.91 Å². The van der Waals surface area contributed by atoms with Crippen molar-refractivity contribution >= 4 is 11.7 Å². The molecule has 0 bridgehead atoms. The molecule has 126 valence electrons. The maximum Gasteiger partial charge on any atom is 0.223 e. The Kier molecular flexibility index (Phi) is 5.47. The normalized spacial score (nSPS) is 24.3. The van der Waals surface area contributed by atoms with E-state index in [1.165, 1.54) is 57.5 Å². The van der Waals surface area contributed by atoms with Crippen molar-refractivity contribution in [3.8, 4) is 0 Å². The summed E-state index contributed by atoms with van der Waals surface area (Å²) in [4.78, 5) is 30.8. The van der Waals surface area contributed by atoms with Crippen molar-refractivity contribution in [3.63, 3.8) is 0 Å². The molecule has 2 fully saturated rings. The van der Waals surface area contributed by atoms with Crippen LogP contribution in [0.5, 0.6) is 0 Å². The van der Waals surface area contributed by atoms with E-state index < -0.39 is 0 Å². The Bertz CT molecular complexity index is 520. The molecule has 0 saturated heterocycles. The molecule has 2 N–H and O–H groups in total. The fourth-order valence-corrected chi connectivity index (χ4v) is 3.74. The molecule has 0 aromatic carbocycles. The highest BCUT2D eigenvalue weighted by atomic mass is 16.2. The summed E-state index contributed by atoms with van der Waals surface area (Å²) in [5, 5.41) is 3.00. The molecule has 0 aliphatic heterocycles. The van der Waals surface area contributed by atoms with Gasteiger partial charge in [0.25, 0.3) is 0 Å². The number of nitrogens with one attached hydrogen (secondary N) is 2. The highest BCUT2D eigenvalue weighted by molar-refractivity contribution is 6.02. The topological polar surface area (TPSA) is 74.8 Å². The van der Waals surface area contributed by atoms with Gasteiger partial charge in [-0.05, 0) is 18.8 Å². The van der Waals surface area contributed by atoms with Gasteiger partial charge in [0.05, 0.1) is 12.5 Å². The molecule has 1 heterocycles. The van der Waals surface area contributed by atoms with Gasteiger partial charge in [-0.25, -0.2) is 4.98 Å². The fraction of sp³-hybridized carbons (Fsp3) is 0.722. The lowest BCUT2D eigenvalue weighted by atomic mass is 9.86. The van der Waals surface area contributed by atoms with E-state index in [1.807, 2.05) is 0 Å². The van der Waals surface area contributed by atoms with Crippen LogP contribution < -0.4 is 5.32 Å². The number of imidazole rings is 1. The Morgan fingerprint density at radius 3 is 2.74 bits per heavy atom.